The van der Waals surface area contributed by atoms with Crippen LogP contribution in [-0.4, -0.2) is 24.5 Å². The van der Waals surface area contributed by atoms with Crippen LogP contribution in [0, 0.1) is 0 Å². The van der Waals surface area contributed by atoms with E-state index in [4.69, 9.17) is 5.11 Å². The van der Waals surface area contributed by atoms with Crippen molar-refractivity contribution in [1.82, 2.24) is 4.98 Å². The lowest BCUT2D eigenvalue weighted by atomic mass is 10.2. The van der Waals surface area contributed by atoms with Crippen molar-refractivity contribution in [2.24, 2.45) is 0 Å². The summed E-state index contributed by atoms with van der Waals surface area (Å²) in [6.07, 6.45) is 1.49. The largest absolute Gasteiger partial charge is 0.478 e. The van der Waals surface area contributed by atoms with Crippen molar-refractivity contribution in [3.8, 4) is 0 Å². The third-order valence-electron chi connectivity index (χ3n) is 2.64. The molecule has 1 heterocycles. The highest BCUT2D eigenvalue weighted by molar-refractivity contribution is 9.10. The summed E-state index contributed by atoms with van der Waals surface area (Å²) in [6, 6.07) is 7.28. The Morgan fingerprint density at radius 2 is 1.81 bits per heavy atom. The number of carbonyl (C=O) groups is 1. The predicted molar refractivity (Wildman–Crippen MR) is 83.9 cm³/mol. The molecule has 2 rings (SSSR count). The molecule has 1 aromatic carbocycles. The maximum absolute atomic E-state index is 12.4. The molecule has 0 unspecified atom stereocenters. The number of aromatic nitrogens is 1. The lowest BCUT2D eigenvalue weighted by Crippen LogP contribution is -2.12. The van der Waals surface area contributed by atoms with E-state index in [0.29, 0.717) is 10.2 Å². The van der Waals surface area contributed by atoms with Gasteiger partial charge in [-0.05, 0) is 46.3 Å². The van der Waals surface area contributed by atoms with Gasteiger partial charge in [-0.25, -0.2) is 13.2 Å². The lowest BCUT2D eigenvalue weighted by molar-refractivity contribution is 0.0692. The number of nitrogens with zero attached hydrogens (tertiary/aromatic N) is 1. The van der Waals surface area contributed by atoms with E-state index >= 15 is 0 Å². The first-order valence-corrected chi connectivity index (χ1v) is 8.89. The van der Waals surface area contributed by atoms with Crippen molar-refractivity contribution in [3.63, 3.8) is 0 Å². The van der Waals surface area contributed by atoms with E-state index in [0.717, 1.165) is 4.47 Å². The average Bonchev–Trinajstić information content (AvgIpc) is 2.41. The zero-order valence-corrected chi connectivity index (χ0v) is 14.4. The van der Waals surface area contributed by atoms with Gasteiger partial charge in [0.2, 0.25) is 0 Å². The Bertz CT molecular complexity index is 788. The summed E-state index contributed by atoms with van der Waals surface area (Å²) in [4.78, 5) is 14.9. The molecule has 2 aromatic rings. The molecule has 0 saturated heterocycles. The Hall–Kier alpha value is -1.25. The standard InChI is InChI=1S/C13H9Br2NO4S/c14-8-2-4-11(13(17)18)12(5-8)21(19,20)7-10-3-1-9(15)6-16-10/h1-6H,7H2,(H,17,18). The quantitative estimate of drug-likeness (QED) is 0.798. The first-order valence-electron chi connectivity index (χ1n) is 5.65. The van der Waals surface area contributed by atoms with Gasteiger partial charge in [0.15, 0.2) is 9.84 Å². The van der Waals surface area contributed by atoms with E-state index in [2.05, 4.69) is 36.8 Å². The van der Waals surface area contributed by atoms with E-state index in [1.165, 1.54) is 24.4 Å². The second-order valence-corrected chi connectivity index (χ2v) is 7.96. The molecule has 110 valence electrons. The van der Waals surface area contributed by atoms with Crippen LogP contribution in [0.25, 0.3) is 0 Å². The number of carboxylic acids is 1. The number of pyridine rings is 1. The molecule has 0 fully saturated rings. The molecule has 21 heavy (non-hydrogen) atoms. The molecule has 1 aromatic heterocycles. The molecule has 0 saturated carbocycles. The lowest BCUT2D eigenvalue weighted by Gasteiger charge is -2.08. The van der Waals surface area contributed by atoms with Crippen LogP contribution in [-0.2, 0) is 15.6 Å². The molecule has 8 heteroatoms. The Balaban J connectivity index is 2.46. The SMILES string of the molecule is O=C(O)c1ccc(Br)cc1S(=O)(=O)Cc1ccc(Br)cn1. The summed E-state index contributed by atoms with van der Waals surface area (Å²) in [7, 11) is -3.81. The van der Waals surface area contributed by atoms with Gasteiger partial charge in [-0.2, -0.15) is 0 Å². The van der Waals surface area contributed by atoms with Crippen LogP contribution in [0.2, 0.25) is 0 Å². The third kappa shape index (κ3) is 3.90. The monoisotopic (exact) mass is 433 g/mol. The van der Waals surface area contributed by atoms with Gasteiger partial charge in [-0.3, -0.25) is 4.98 Å². The summed E-state index contributed by atoms with van der Waals surface area (Å²) in [5.74, 6) is -1.65. The van der Waals surface area contributed by atoms with Gasteiger partial charge in [-0.15, -0.1) is 0 Å². The van der Waals surface area contributed by atoms with E-state index < -0.39 is 15.8 Å². The molecule has 0 bridgehead atoms. The van der Waals surface area contributed by atoms with Gasteiger partial charge in [-0.1, -0.05) is 15.9 Å². The summed E-state index contributed by atoms with van der Waals surface area (Å²) in [5, 5.41) is 9.12. The summed E-state index contributed by atoms with van der Waals surface area (Å²) in [6.45, 7) is 0. The molecule has 0 aliphatic rings. The number of benzene rings is 1. The molecule has 0 amide bonds. The highest BCUT2D eigenvalue weighted by atomic mass is 79.9. The Kier molecular flexibility index (Phi) is 4.80. The van der Waals surface area contributed by atoms with Crippen LogP contribution in [0.15, 0.2) is 50.4 Å². The fourth-order valence-corrected chi connectivity index (χ4v) is 3.95. The van der Waals surface area contributed by atoms with Crippen molar-refractivity contribution in [3.05, 3.63) is 56.7 Å². The molecule has 0 aliphatic carbocycles. The predicted octanol–water partition coefficient (Wildman–Crippen LogP) is 3.28. The number of hydrogen-bond donors (Lipinski definition) is 1. The van der Waals surface area contributed by atoms with Crippen molar-refractivity contribution in [2.45, 2.75) is 10.6 Å². The van der Waals surface area contributed by atoms with Gasteiger partial charge in [0, 0.05) is 15.1 Å². The van der Waals surface area contributed by atoms with E-state index in [-0.39, 0.29) is 16.2 Å². The summed E-state index contributed by atoms with van der Waals surface area (Å²) < 4.78 is 26.1. The van der Waals surface area contributed by atoms with Crippen LogP contribution in [0.1, 0.15) is 16.1 Å². The van der Waals surface area contributed by atoms with Crippen LogP contribution < -0.4 is 0 Å². The van der Waals surface area contributed by atoms with Gasteiger partial charge < -0.3 is 5.11 Å². The summed E-state index contributed by atoms with van der Waals surface area (Å²) >= 11 is 6.37. The average molecular weight is 435 g/mol. The second-order valence-electron chi connectivity index (χ2n) is 4.17. The van der Waals surface area contributed by atoms with Crippen LogP contribution in [0.4, 0.5) is 0 Å². The maximum atomic E-state index is 12.4. The van der Waals surface area contributed by atoms with Gasteiger partial charge >= 0.3 is 5.97 Å². The van der Waals surface area contributed by atoms with E-state index in [1.54, 1.807) is 12.1 Å². The fourth-order valence-electron chi connectivity index (χ4n) is 1.69. The number of hydrogen-bond acceptors (Lipinski definition) is 4. The fraction of sp³-hybridized carbons (Fsp3) is 0.0769. The van der Waals surface area contributed by atoms with Crippen LogP contribution >= 0.6 is 31.9 Å². The number of halogens is 2. The van der Waals surface area contributed by atoms with Gasteiger partial charge in [0.25, 0.3) is 0 Å². The zero-order chi connectivity index (χ0) is 15.6. The highest BCUT2D eigenvalue weighted by Crippen LogP contribution is 2.24. The van der Waals surface area contributed by atoms with Crippen molar-refractivity contribution in [1.29, 1.82) is 0 Å². The smallest absolute Gasteiger partial charge is 0.337 e. The minimum Gasteiger partial charge on any atom is -0.478 e. The number of carboxylic acid groups (broad SMARTS) is 1. The Morgan fingerprint density at radius 3 is 2.38 bits per heavy atom. The van der Waals surface area contributed by atoms with Gasteiger partial charge in [0.05, 0.1) is 21.9 Å². The summed E-state index contributed by atoms with van der Waals surface area (Å²) in [5.41, 5.74) is 0.0878. The highest BCUT2D eigenvalue weighted by Gasteiger charge is 2.23. The molecule has 0 radical (unpaired) electrons. The number of rotatable bonds is 4. The molecule has 0 aliphatic heterocycles. The molecule has 0 atom stereocenters. The normalized spacial score (nSPS) is 11.3. The molecular weight excluding hydrogens is 426 g/mol. The van der Waals surface area contributed by atoms with Crippen molar-refractivity contribution in [2.75, 3.05) is 0 Å². The first kappa shape index (κ1) is 16.1. The van der Waals surface area contributed by atoms with Crippen molar-refractivity contribution >= 4 is 47.7 Å². The third-order valence-corrected chi connectivity index (χ3v) is 5.28. The van der Waals surface area contributed by atoms with Crippen LogP contribution in [0.3, 0.4) is 0 Å². The minimum atomic E-state index is -3.81. The maximum Gasteiger partial charge on any atom is 0.337 e. The van der Waals surface area contributed by atoms with Gasteiger partial charge in [0.1, 0.15) is 0 Å². The van der Waals surface area contributed by atoms with E-state index in [1.807, 2.05) is 0 Å². The Morgan fingerprint density at radius 1 is 1.14 bits per heavy atom. The molecule has 0 spiro atoms. The van der Waals surface area contributed by atoms with Crippen LogP contribution in [0.5, 0.6) is 0 Å². The molecule has 1 N–H and O–H groups in total. The van der Waals surface area contributed by atoms with E-state index in [9.17, 15) is 13.2 Å². The second kappa shape index (κ2) is 6.25. The Labute approximate surface area is 138 Å². The number of aromatic carboxylic acids is 1. The topological polar surface area (TPSA) is 84.3 Å². The van der Waals surface area contributed by atoms with Crippen molar-refractivity contribution < 1.29 is 18.3 Å². The molecule has 5 nitrogen and oxygen atoms in total. The first-order chi connectivity index (χ1) is 9.79. The molecular formula is C13H9Br2NO4S. The zero-order valence-electron chi connectivity index (χ0n) is 10.5. The number of sulfone groups is 1. The minimum absolute atomic E-state index is 0.228.